The molecule has 0 aliphatic carbocycles. The van der Waals surface area contributed by atoms with Gasteiger partial charge in [0.15, 0.2) is 0 Å². The molecule has 1 heteroatoms. The van der Waals surface area contributed by atoms with Gasteiger partial charge in [0.2, 0.25) is 0 Å². The van der Waals surface area contributed by atoms with Gasteiger partial charge in [0.05, 0.1) is 0 Å². The van der Waals surface area contributed by atoms with Gasteiger partial charge in [-0.05, 0) is 31.1 Å². The van der Waals surface area contributed by atoms with Crippen LogP contribution < -0.4 is 5.73 Å². The molecule has 0 amide bonds. The lowest BCUT2D eigenvalue weighted by Gasteiger charge is -2.24. The number of rotatable bonds is 4. The molecule has 2 N–H and O–H groups in total. The van der Waals surface area contributed by atoms with Crippen LogP contribution in [0.4, 0.5) is 0 Å². The zero-order valence-electron chi connectivity index (χ0n) is 8.59. The van der Waals surface area contributed by atoms with E-state index in [0.717, 1.165) is 24.2 Å². The van der Waals surface area contributed by atoms with Gasteiger partial charge in [-0.2, -0.15) is 0 Å². The molecule has 0 saturated carbocycles. The van der Waals surface area contributed by atoms with E-state index >= 15 is 0 Å². The Morgan fingerprint density at radius 2 is 1.45 bits per heavy atom. The summed E-state index contributed by atoms with van der Waals surface area (Å²) in [6, 6.07) is 0.353. The fourth-order valence-corrected chi connectivity index (χ4v) is 1.46. The van der Waals surface area contributed by atoms with E-state index in [0.29, 0.717) is 6.04 Å². The molecule has 3 atom stereocenters. The van der Waals surface area contributed by atoms with Crippen molar-refractivity contribution in [2.45, 2.75) is 47.1 Å². The molecule has 1 nitrogen and oxygen atoms in total. The van der Waals surface area contributed by atoms with Crippen molar-refractivity contribution in [3.63, 3.8) is 0 Å². The smallest absolute Gasteiger partial charge is 0.00131 e. The molecule has 2 unspecified atom stereocenters. The SMILES string of the molecule is CC(N)CC(C)[C@H](C)C(C)C. The van der Waals surface area contributed by atoms with Crippen molar-refractivity contribution in [1.29, 1.82) is 0 Å². The van der Waals surface area contributed by atoms with Gasteiger partial charge in [-0.25, -0.2) is 0 Å². The average molecular weight is 157 g/mol. The maximum Gasteiger partial charge on any atom is 0.00131 e. The highest BCUT2D eigenvalue weighted by Gasteiger charge is 2.16. The standard InChI is InChI=1S/C10H23N/c1-7(2)10(5)8(3)6-9(4)11/h7-10H,6,11H2,1-5H3/t8?,9?,10-/m1/s1. The molecule has 0 rings (SSSR count). The third-order valence-corrected chi connectivity index (χ3v) is 2.69. The predicted molar refractivity (Wildman–Crippen MR) is 51.4 cm³/mol. The molecule has 68 valence electrons. The van der Waals surface area contributed by atoms with E-state index in [4.69, 9.17) is 5.73 Å². The van der Waals surface area contributed by atoms with E-state index in [-0.39, 0.29) is 0 Å². The summed E-state index contributed by atoms with van der Waals surface area (Å²) in [5.41, 5.74) is 5.73. The Bertz CT molecular complexity index is 97.0. The van der Waals surface area contributed by atoms with Crippen LogP contribution in [0.2, 0.25) is 0 Å². The van der Waals surface area contributed by atoms with Crippen LogP contribution in [0.25, 0.3) is 0 Å². The normalized spacial score (nSPS) is 19.9. The van der Waals surface area contributed by atoms with Crippen LogP contribution >= 0.6 is 0 Å². The summed E-state index contributed by atoms with van der Waals surface area (Å²) in [6.07, 6.45) is 1.15. The first kappa shape index (κ1) is 11.0. The van der Waals surface area contributed by atoms with E-state index in [1.54, 1.807) is 0 Å². The highest BCUT2D eigenvalue weighted by molar-refractivity contribution is 4.68. The predicted octanol–water partition coefficient (Wildman–Crippen LogP) is 2.65. The van der Waals surface area contributed by atoms with Crippen LogP contribution in [0.3, 0.4) is 0 Å². The van der Waals surface area contributed by atoms with Gasteiger partial charge in [-0.1, -0.05) is 27.7 Å². The summed E-state index contributed by atoms with van der Waals surface area (Å²) in [4.78, 5) is 0. The van der Waals surface area contributed by atoms with Crippen LogP contribution in [0.15, 0.2) is 0 Å². The topological polar surface area (TPSA) is 26.0 Å². The van der Waals surface area contributed by atoms with Gasteiger partial charge >= 0.3 is 0 Å². The maximum atomic E-state index is 5.73. The van der Waals surface area contributed by atoms with E-state index < -0.39 is 0 Å². The highest BCUT2D eigenvalue weighted by atomic mass is 14.6. The quantitative estimate of drug-likeness (QED) is 0.667. The summed E-state index contributed by atoms with van der Waals surface area (Å²) in [5, 5.41) is 0. The molecule has 0 radical (unpaired) electrons. The second-order valence-corrected chi connectivity index (χ2v) is 4.29. The Morgan fingerprint density at radius 1 is 1.00 bits per heavy atom. The van der Waals surface area contributed by atoms with Crippen LogP contribution in [0.5, 0.6) is 0 Å². The van der Waals surface area contributed by atoms with Crippen LogP contribution in [-0.2, 0) is 0 Å². The molecule has 0 aromatic rings. The monoisotopic (exact) mass is 157 g/mol. The zero-order chi connectivity index (χ0) is 9.02. The van der Waals surface area contributed by atoms with Crippen LogP contribution in [0, 0.1) is 17.8 Å². The van der Waals surface area contributed by atoms with Crippen molar-refractivity contribution in [2.24, 2.45) is 23.5 Å². The molecule has 0 aliphatic rings. The molecule has 11 heavy (non-hydrogen) atoms. The van der Waals surface area contributed by atoms with E-state index in [1.165, 1.54) is 0 Å². The lowest BCUT2D eigenvalue weighted by atomic mass is 9.83. The molecule has 0 heterocycles. The van der Waals surface area contributed by atoms with Crippen molar-refractivity contribution < 1.29 is 0 Å². The minimum Gasteiger partial charge on any atom is -0.328 e. The molecule has 0 aliphatic heterocycles. The maximum absolute atomic E-state index is 5.73. The van der Waals surface area contributed by atoms with Crippen molar-refractivity contribution in [3.05, 3.63) is 0 Å². The van der Waals surface area contributed by atoms with Crippen molar-refractivity contribution in [1.82, 2.24) is 0 Å². The molecule has 0 saturated heterocycles. The van der Waals surface area contributed by atoms with Gasteiger partial charge in [-0.3, -0.25) is 0 Å². The molecule has 0 bridgehead atoms. The number of hydrogen-bond acceptors (Lipinski definition) is 1. The van der Waals surface area contributed by atoms with Crippen LogP contribution in [-0.4, -0.2) is 6.04 Å². The molecule has 0 fully saturated rings. The Labute approximate surface area is 71.4 Å². The molecule has 0 aromatic carbocycles. The van der Waals surface area contributed by atoms with Gasteiger partial charge in [0, 0.05) is 6.04 Å². The Morgan fingerprint density at radius 3 is 1.73 bits per heavy atom. The van der Waals surface area contributed by atoms with E-state index in [2.05, 4.69) is 34.6 Å². The third kappa shape index (κ3) is 4.41. The first-order valence-electron chi connectivity index (χ1n) is 4.70. The zero-order valence-corrected chi connectivity index (χ0v) is 8.59. The van der Waals surface area contributed by atoms with Crippen molar-refractivity contribution >= 4 is 0 Å². The summed E-state index contributed by atoms with van der Waals surface area (Å²) >= 11 is 0. The van der Waals surface area contributed by atoms with Gasteiger partial charge < -0.3 is 5.73 Å². The average Bonchev–Trinajstić information content (AvgIpc) is 1.84. The number of hydrogen-bond donors (Lipinski definition) is 1. The molecule has 0 aromatic heterocycles. The second kappa shape index (κ2) is 4.76. The third-order valence-electron chi connectivity index (χ3n) is 2.69. The molecule has 0 spiro atoms. The first-order valence-corrected chi connectivity index (χ1v) is 4.70. The fourth-order valence-electron chi connectivity index (χ4n) is 1.46. The fraction of sp³-hybridized carbons (Fsp3) is 1.00. The highest BCUT2D eigenvalue weighted by Crippen LogP contribution is 2.23. The molecular formula is C10H23N. The lowest BCUT2D eigenvalue weighted by molar-refractivity contribution is 0.271. The second-order valence-electron chi connectivity index (χ2n) is 4.29. The van der Waals surface area contributed by atoms with Gasteiger partial charge in [-0.15, -0.1) is 0 Å². The summed E-state index contributed by atoms with van der Waals surface area (Å²) in [7, 11) is 0. The summed E-state index contributed by atoms with van der Waals surface area (Å²) < 4.78 is 0. The summed E-state index contributed by atoms with van der Waals surface area (Å²) in [5.74, 6) is 2.33. The Hall–Kier alpha value is -0.0400. The van der Waals surface area contributed by atoms with E-state index in [1.807, 2.05) is 0 Å². The van der Waals surface area contributed by atoms with E-state index in [9.17, 15) is 0 Å². The number of nitrogens with two attached hydrogens (primary N) is 1. The summed E-state index contributed by atoms with van der Waals surface area (Å²) in [6.45, 7) is 11.3. The minimum absolute atomic E-state index is 0.353. The first-order chi connectivity index (χ1) is 4.95. The Kier molecular flexibility index (Phi) is 4.74. The van der Waals surface area contributed by atoms with Crippen LogP contribution in [0.1, 0.15) is 41.0 Å². The largest absolute Gasteiger partial charge is 0.328 e. The Balaban J connectivity index is 3.73. The molecular weight excluding hydrogens is 134 g/mol. The lowest BCUT2D eigenvalue weighted by Crippen LogP contribution is -2.23. The minimum atomic E-state index is 0.353. The van der Waals surface area contributed by atoms with Crippen molar-refractivity contribution in [3.8, 4) is 0 Å². The van der Waals surface area contributed by atoms with Gasteiger partial charge in [0.1, 0.15) is 0 Å². The van der Waals surface area contributed by atoms with Gasteiger partial charge in [0.25, 0.3) is 0 Å². The van der Waals surface area contributed by atoms with Crippen molar-refractivity contribution in [2.75, 3.05) is 0 Å².